The lowest BCUT2D eigenvalue weighted by Crippen LogP contribution is -2.30. The summed E-state index contributed by atoms with van der Waals surface area (Å²) in [5.74, 6) is -1.28. The molecule has 0 rings (SSSR count). The Bertz CT molecular complexity index is 2070. The number of carbonyl (C=O) groups excluding carboxylic acids is 4. The number of unbranched alkanes of at least 4 members (excludes halogenated alkanes) is 62. The van der Waals surface area contributed by atoms with E-state index in [1.54, 1.807) is 0 Å². The van der Waals surface area contributed by atoms with Crippen LogP contribution >= 0.6 is 15.6 Å². The van der Waals surface area contributed by atoms with Crippen LogP contribution in [0.5, 0.6) is 0 Å². The highest BCUT2D eigenvalue weighted by Gasteiger charge is 2.31. The maximum atomic E-state index is 13.2. The molecule has 0 saturated heterocycles. The van der Waals surface area contributed by atoms with Gasteiger partial charge in [0.2, 0.25) is 0 Å². The molecule has 0 radical (unpaired) electrons. The molecule has 0 aromatic carbocycles. The topological polar surface area (TPSA) is 237 Å². The van der Waals surface area contributed by atoms with E-state index in [1.165, 1.54) is 315 Å². The number of ether oxygens (including phenoxy) is 4. The normalized spacial score (nSPS) is 13.7. The molecule has 3 N–H and O–H groups in total. The van der Waals surface area contributed by atoms with Gasteiger partial charge in [-0.25, -0.2) is 9.13 Å². The van der Waals surface area contributed by atoms with E-state index in [0.717, 1.165) is 95.8 Å². The van der Waals surface area contributed by atoms with Gasteiger partial charge in [0.05, 0.1) is 26.4 Å². The number of rotatable bonds is 90. The minimum absolute atomic E-state index is 0.109. The first kappa shape index (κ1) is 107. The fourth-order valence-electron chi connectivity index (χ4n) is 14.2. The number of hydrogen-bond donors (Lipinski definition) is 3. The Morgan fingerprint density at radius 3 is 0.624 bits per heavy atom. The van der Waals surface area contributed by atoms with Gasteiger partial charge in [-0.1, -0.05) is 439 Å². The van der Waals surface area contributed by atoms with E-state index in [1.807, 2.05) is 0 Å². The summed E-state index contributed by atoms with van der Waals surface area (Å²) in [6.07, 6.45) is 77.8. The van der Waals surface area contributed by atoms with E-state index in [2.05, 4.69) is 34.6 Å². The van der Waals surface area contributed by atoms with Crippen LogP contribution in [0, 0.1) is 5.92 Å². The van der Waals surface area contributed by atoms with Gasteiger partial charge >= 0.3 is 39.5 Å². The number of aliphatic hydroxyl groups is 1. The Morgan fingerprint density at radius 2 is 0.422 bits per heavy atom. The van der Waals surface area contributed by atoms with Crippen molar-refractivity contribution in [1.82, 2.24) is 0 Å². The van der Waals surface area contributed by atoms with Crippen LogP contribution in [0.3, 0.4) is 0 Å². The summed E-state index contributed by atoms with van der Waals surface area (Å²) >= 11 is 0. The number of phosphoric acid groups is 2. The zero-order chi connectivity index (χ0) is 79.7. The highest BCUT2D eigenvalue weighted by molar-refractivity contribution is 7.47. The molecule has 0 heterocycles. The van der Waals surface area contributed by atoms with Crippen molar-refractivity contribution < 1.29 is 80.2 Å². The van der Waals surface area contributed by atoms with Gasteiger partial charge in [-0.05, 0) is 31.6 Å². The van der Waals surface area contributed by atoms with Gasteiger partial charge < -0.3 is 33.8 Å². The van der Waals surface area contributed by atoms with Crippen molar-refractivity contribution in [3.05, 3.63) is 0 Å². The van der Waals surface area contributed by atoms with Crippen molar-refractivity contribution in [3.8, 4) is 0 Å². The van der Waals surface area contributed by atoms with Gasteiger partial charge in [-0.15, -0.1) is 0 Å². The van der Waals surface area contributed by atoms with Crippen molar-refractivity contribution >= 4 is 39.5 Å². The second kappa shape index (κ2) is 82.6. The fraction of sp³-hybridized carbons (Fsp3) is 0.956. The molecule has 0 aliphatic carbocycles. The monoisotopic (exact) mass is 1590 g/mol. The molecule has 2 unspecified atom stereocenters. The molecule has 0 spiro atoms. The average molecular weight is 1590 g/mol. The van der Waals surface area contributed by atoms with Crippen LogP contribution in [-0.4, -0.2) is 96.7 Å². The van der Waals surface area contributed by atoms with E-state index >= 15 is 0 Å². The van der Waals surface area contributed by atoms with Gasteiger partial charge in [0.25, 0.3) is 0 Å². The lowest BCUT2D eigenvalue weighted by atomic mass is 10.0. The van der Waals surface area contributed by atoms with E-state index < -0.39 is 97.5 Å². The fourth-order valence-corrected chi connectivity index (χ4v) is 15.8. The SMILES string of the molecule is CCCCCCCCCCCCCCCCCCCCCCCCC(=O)O[C@H](COC(=O)CCCCCCCCCCCCCCCCCCC(C)C)COP(=O)(O)OC[C@@H](O)COP(=O)(O)OC[C@@H](COC(=O)CCCCCCCCCCCCCC)OC(=O)CCCCCCCCCCCCCCCCCC. The summed E-state index contributed by atoms with van der Waals surface area (Å²) in [4.78, 5) is 73.4. The van der Waals surface area contributed by atoms with E-state index in [9.17, 15) is 43.2 Å². The van der Waals surface area contributed by atoms with Gasteiger partial charge in [0.1, 0.15) is 19.3 Å². The van der Waals surface area contributed by atoms with Crippen LogP contribution in [0.15, 0.2) is 0 Å². The molecule has 0 fully saturated rings. The largest absolute Gasteiger partial charge is 0.472 e. The summed E-state index contributed by atoms with van der Waals surface area (Å²) in [5, 5.41) is 10.7. The molecule has 0 saturated carbocycles. The molecule has 5 atom stereocenters. The van der Waals surface area contributed by atoms with Crippen LogP contribution in [0.4, 0.5) is 0 Å². The Morgan fingerprint density at radius 1 is 0.248 bits per heavy atom. The van der Waals surface area contributed by atoms with Crippen molar-refractivity contribution in [1.29, 1.82) is 0 Å². The molecule has 109 heavy (non-hydrogen) atoms. The molecule has 0 aromatic heterocycles. The lowest BCUT2D eigenvalue weighted by molar-refractivity contribution is -0.161. The van der Waals surface area contributed by atoms with E-state index in [4.69, 9.17) is 37.0 Å². The van der Waals surface area contributed by atoms with Crippen LogP contribution in [0.2, 0.25) is 0 Å². The van der Waals surface area contributed by atoms with Crippen LogP contribution in [0.1, 0.15) is 490 Å². The van der Waals surface area contributed by atoms with E-state index in [-0.39, 0.29) is 25.7 Å². The predicted octanol–water partition coefficient (Wildman–Crippen LogP) is 27.9. The minimum atomic E-state index is -4.97. The second-order valence-electron chi connectivity index (χ2n) is 32.8. The number of hydrogen-bond acceptors (Lipinski definition) is 15. The van der Waals surface area contributed by atoms with Crippen LogP contribution in [-0.2, 0) is 65.4 Å². The van der Waals surface area contributed by atoms with E-state index in [0.29, 0.717) is 25.7 Å². The molecule has 648 valence electrons. The molecular formula is C90H176O17P2. The first-order valence-electron chi connectivity index (χ1n) is 46.6. The highest BCUT2D eigenvalue weighted by atomic mass is 31.2. The molecule has 0 aliphatic rings. The average Bonchev–Trinajstić information content (AvgIpc) is 0.900. The first-order chi connectivity index (χ1) is 53.0. The van der Waals surface area contributed by atoms with Crippen molar-refractivity contribution in [2.75, 3.05) is 39.6 Å². The highest BCUT2D eigenvalue weighted by Crippen LogP contribution is 2.45. The minimum Gasteiger partial charge on any atom is -0.462 e. The van der Waals surface area contributed by atoms with Crippen LogP contribution < -0.4 is 0 Å². The number of aliphatic hydroxyl groups excluding tert-OH is 1. The quantitative estimate of drug-likeness (QED) is 0.0222. The smallest absolute Gasteiger partial charge is 0.462 e. The lowest BCUT2D eigenvalue weighted by Gasteiger charge is -2.21. The summed E-state index contributed by atoms with van der Waals surface area (Å²) in [6, 6.07) is 0. The Balaban J connectivity index is 5.24. The summed E-state index contributed by atoms with van der Waals surface area (Å²) in [6.45, 7) is 7.42. The Labute approximate surface area is 670 Å². The summed E-state index contributed by atoms with van der Waals surface area (Å²) in [7, 11) is -9.93. The predicted molar refractivity (Wildman–Crippen MR) is 451 cm³/mol. The molecule has 17 nitrogen and oxygen atoms in total. The van der Waals surface area contributed by atoms with Gasteiger partial charge in [-0.3, -0.25) is 37.3 Å². The van der Waals surface area contributed by atoms with Gasteiger partial charge in [0.15, 0.2) is 12.2 Å². The van der Waals surface area contributed by atoms with Crippen molar-refractivity contribution in [3.63, 3.8) is 0 Å². The van der Waals surface area contributed by atoms with Gasteiger partial charge in [0, 0.05) is 25.7 Å². The number of phosphoric ester groups is 2. The third-order valence-corrected chi connectivity index (χ3v) is 23.2. The standard InChI is InChI=1S/C90H176O17P2/c1-6-9-12-15-18-21-24-27-29-31-32-33-34-35-36-42-46-51-56-61-66-71-76-90(95)107-86(80-101-88(93)74-69-64-59-54-49-44-41-38-37-39-43-47-52-57-62-67-72-83(4)5)82-105-109(98,99)103-78-84(91)77-102-108(96,97)104-81-85(79-100-87(92)73-68-63-58-53-48-26-23-20-17-14-11-8-3)106-89(94)75-70-65-60-55-50-45-40-30-28-25-22-19-16-13-10-7-2/h83-86,91H,6-82H2,1-5H3,(H,96,97)(H,98,99)/t84-,85+,86+/m0/s1. The third-order valence-electron chi connectivity index (χ3n) is 21.3. The molecule has 0 aliphatic heterocycles. The Kier molecular flexibility index (Phi) is 81.1. The summed E-state index contributed by atoms with van der Waals surface area (Å²) in [5.41, 5.74) is 0. The molecule has 0 bridgehead atoms. The molecule has 0 aromatic rings. The zero-order valence-corrected chi connectivity index (χ0v) is 73.5. The van der Waals surface area contributed by atoms with Crippen LogP contribution in [0.25, 0.3) is 0 Å². The van der Waals surface area contributed by atoms with Crippen molar-refractivity contribution in [2.24, 2.45) is 5.92 Å². The molecule has 0 amide bonds. The third kappa shape index (κ3) is 83.8. The Hall–Kier alpha value is -1.94. The maximum Gasteiger partial charge on any atom is 0.472 e. The number of esters is 4. The maximum absolute atomic E-state index is 13.2. The second-order valence-corrected chi connectivity index (χ2v) is 35.7. The number of carbonyl (C=O) groups is 4. The molecule has 19 heteroatoms. The zero-order valence-electron chi connectivity index (χ0n) is 71.7. The van der Waals surface area contributed by atoms with Crippen molar-refractivity contribution in [2.45, 2.75) is 509 Å². The molecular weight excluding hydrogens is 1410 g/mol. The van der Waals surface area contributed by atoms with Gasteiger partial charge in [-0.2, -0.15) is 0 Å². The first-order valence-corrected chi connectivity index (χ1v) is 49.6. The summed E-state index contributed by atoms with van der Waals surface area (Å²) < 4.78 is 69.0.